The minimum atomic E-state index is -0.152. The van der Waals surface area contributed by atoms with Crippen molar-refractivity contribution in [1.82, 2.24) is 5.32 Å². The molecule has 1 N–H and O–H groups in total. The fourth-order valence-electron chi connectivity index (χ4n) is 1.18. The molecule has 0 aliphatic carbocycles. The van der Waals surface area contributed by atoms with Gasteiger partial charge in [-0.2, -0.15) is 0 Å². The molecule has 0 saturated carbocycles. The van der Waals surface area contributed by atoms with Gasteiger partial charge in [0, 0.05) is 11.4 Å². The Labute approximate surface area is 98.4 Å². The van der Waals surface area contributed by atoms with Crippen molar-refractivity contribution in [1.29, 1.82) is 0 Å². The molecule has 1 aromatic rings. The lowest BCUT2D eigenvalue weighted by Crippen LogP contribution is -2.39. The lowest BCUT2D eigenvalue weighted by Gasteiger charge is -2.18. The van der Waals surface area contributed by atoms with Crippen molar-refractivity contribution in [3.63, 3.8) is 0 Å². The summed E-state index contributed by atoms with van der Waals surface area (Å²) in [6, 6.07) is 3.60. The van der Waals surface area contributed by atoms with Gasteiger partial charge in [-0.25, -0.2) is 0 Å². The van der Waals surface area contributed by atoms with Crippen LogP contribution in [-0.4, -0.2) is 17.3 Å². The first-order chi connectivity index (χ1) is 7.04. The Morgan fingerprint density at radius 3 is 2.60 bits per heavy atom. The van der Waals surface area contributed by atoms with Crippen LogP contribution in [0.2, 0.25) is 0 Å². The number of carbonyl (C=O) groups is 1. The van der Waals surface area contributed by atoms with E-state index in [1.807, 2.05) is 6.92 Å². The number of rotatable bonds is 4. The van der Waals surface area contributed by atoms with Crippen molar-refractivity contribution < 1.29 is 9.21 Å². The molecule has 1 unspecified atom stereocenters. The summed E-state index contributed by atoms with van der Waals surface area (Å²) in [5, 5.41) is 3.66. The van der Waals surface area contributed by atoms with Crippen LogP contribution in [0.3, 0.4) is 0 Å². The summed E-state index contributed by atoms with van der Waals surface area (Å²) < 4.78 is 5.24. The first kappa shape index (κ1) is 12.3. The van der Waals surface area contributed by atoms with Gasteiger partial charge < -0.3 is 9.73 Å². The van der Waals surface area contributed by atoms with E-state index in [0.29, 0.717) is 11.7 Å². The number of carbonyl (C=O) groups excluding carboxylic acids is 1. The number of halogens is 1. The molecule has 0 bridgehead atoms. The van der Waals surface area contributed by atoms with Crippen molar-refractivity contribution in [3.05, 3.63) is 23.7 Å². The van der Waals surface area contributed by atoms with E-state index < -0.39 is 0 Å². The molecule has 3 nitrogen and oxygen atoms in total. The van der Waals surface area contributed by atoms with Crippen LogP contribution in [-0.2, 0) is 0 Å². The Kier molecular flexibility index (Phi) is 4.39. The highest BCUT2D eigenvalue weighted by atomic mass is 79.9. The predicted molar refractivity (Wildman–Crippen MR) is 63.3 cm³/mol. The monoisotopic (exact) mass is 273 g/mol. The molecule has 1 atom stereocenters. The van der Waals surface area contributed by atoms with Gasteiger partial charge in [0.1, 0.15) is 5.76 Å². The number of amides is 1. The highest BCUT2D eigenvalue weighted by molar-refractivity contribution is 9.09. The molecule has 0 aliphatic heterocycles. The van der Waals surface area contributed by atoms with Gasteiger partial charge in [-0.3, -0.25) is 4.79 Å². The van der Waals surface area contributed by atoms with Crippen LogP contribution in [0, 0.1) is 12.8 Å². The van der Waals surface area contributed by atoms with E-state index in [4.69, 9.17) is 4.42 Å². The first-order valence-electron chi connectivity index (χ1n) is 4.98. The van der Waals surface area contributed by atoms with Crippen LogP contribution in [0.5, 0.6) is 0 Å². The van der Waals surface area contributed by atoms with Gasteiger partial charge in [-0.1, -0.05) is 29.8 Å². The maximum Gasteiger partial charge on any atom is 0.287 e. The third-order valence-electron chi connectivity index (χ3n) is 2.25. The smallest absolute Gasteiger partial charge is 0.287 e. The topological polar surface area (TPSA) is 42.2 Å². The average molecular weight is 274 g/mol. The molecule has 84 valence electrons. The highest BCUT2D eigenvalue weighted by Crippen LogP contribution is 2.09. The van der Waals surface area contributed by atoms with E-state index >= 15 is 0 Å². The molecular formula is C11H16BrNO2. The molecule has 15 heavy (non-hydrogen) atoms. The van der Waals surface area contributed by atoms with Crippen LogP contribution < -0.4 is 5.32 Å². The standard InChI is InChI=1S/C11H16BrNO2/c1-7(2)9(6-12)13-11(14)10-5-4-8(3)15-10/h4-5,7,9H,6H2,1-3H3,(H,13,14). The van der Waals surface area contributed by atoms with Gasteiger partial charge in [0.25, 0.3) is 5.91 Å². The molecule has 1 amide bonds. The molecule has 0 aromatic carbocycles. The summed E-state index contributed by atoms with van der Waals surface area (Å²) in [6.45, 7) is 5.96. The van der Waals surface area contributed by atoms with Gasteiger partial charge in [-0.15, -0.1) is 0 Å². The summed E-state index contributed by atoms with van der Waals surface area (Å²) in [6.07, 6.45) is 0. The van der Waals surface area contributed by atoms with Crippen LogP contribution >= 0.6 is 15.9 Å². The third kappa shape index (κ3) is 3.38. The molecule has 0 radical (unpaired) electrons. The van der Waals surface area contributed by atoms with Gasteiger partial charge in [0.05, 0.1) is 0 Å². The summed E-state index contributed by atoms with van der Waals surface area (Å²) in [7, 11) is 0. The lowest BCUT2D eigenvalue weighted by atomic mass is 10.1. The Hall–Kier alpha value is -0.770. The SMILES string of the molecule is Cc1ccc(C(=O)NC(CBr)C(C)C)o1. The van der Waals surface area contributed by atoms with Gasteiger partial charge in [-0.05, 0) is 25.0 Å². The molecule has 0 spiro atoms. The van der Waals surface area contributed by atoms with Crippen LogP contribution in [0.25, 0.3) is 0 Å². The average Bonchev–Trinajstić information content (AvgIpc) is 2.60. The molecule has 0 aliphatic rings. The van der Waals surface area contributed by atoms with Crippen molar-refractivity contribution in [2.75, 3.05) is 5.33 Å². The maximum absolute atomic E-state index is 11.7. The minimum Gasteiger partial charge on any atom is -0.456 e. The number of alkyl halides is 1. The van der Waals surface area contributed by atoms with E-state index in [2.05, 4.69) is 35.1 Å². The summed E-state index contributed by atoms with van der Waals surface area (Å²) in [5.74, 6) is 1.37. The van der Waals surface area contributed by atoms with E-state index in [-0.39, 0.29) is 11.9 Å². The van der Waals surface area contributed by atoms with E-state index in [9.17, 15) is 4.79 Å². The van der Waals surface area contributed by atoms with E-state index in [0.717, 1.165) is 11.1 Å². The predicted octanol–water partition coefficient (Wildman–Crippen LogP) is 2.74. The molecule has 1 heterocycles. The second kappa shape index (κ2) is 5.35. The largest absolute Gasteiger partial charge is 0.456 e. The number of hydrogen-bond donors (Lipinski definition) is 1. The minimum absolute atomic E-state index is 0.128. The number of nitrogens with one attached hydrogen (secondary N) is 1. The van der Waals surface area contributed by atoms with Crippen molar-refractivity contribution >= 4 is 21.8 Å². The molecule has 4 heteroatoms. The Bertz CT molecular complexity index is 333. The van der Waals surface area contributed by atoms with Crippen LogP contribution in [0.15, 0.2) is 16.5 Å². The zero-order valence-electron chi connectivity index (χ0n) is 9.21. The fourth-order valence-corrected chi connectivity index (χ4v) is 2.09. The summed E-state index contributed by atoms with van der Waals surface area (Å²) in [4.78, 5) is 11.7. The lowest BCUT2D eigenvalue weighted by molar-refractivity contribution is 0.0902. The Balaban J connectivity index is 2.62. The van der Waals surface area contributed by atoms with Crippen molar-refractivity contribution in [3.8, 4) is 0 Å². The van der Waals surface area contributed by atoms with Crippen molar-refractivity contribution in [2.45, 2.75) is 26.8 Å². The van der Waals surface area contributed by atoms with Crippen LogP contribution in [0.1, 0.15) is 30.2 Å². The van der Waals surface area contributed by atoms with E-state index in [1.165, 1.54) is 0 Å². The molecule has 1 aromatic heterocycles. The van der Waals surface area contributed by atoms with Gasteiger partial charge in [0.2, 0.25) is 0 Å². The van der Waals surface area contributed by atoms with E-state index in [1.54, 1.807) is 12.1 Å². The zero-order valence-corrected chi connectivity index (χ0v) is 10.8. The second-order valence-electron chi connectivity index (χ2n) is 3.89. The van der Waals surface area contributed by atoms with Gasteiger partial charge in [0.15, 0.2) is 5.76 Å². The summed E-state index contributed by atoms with van der Waals surface area (Å²) in [5.41, 5.74) is 0. The molecule has 1 rings (SSSR count). The Morgan fingerprint density at radius 2 is 2.20 bits per heavy atom. The molecule has 0 fully saturated rings. The van der Waals surface area contributed by atoms with Crippen molar-refractivity contribution in [2.24, 2.45) is 5.92 Å². The zero-order chi connectivity index (χ0) is 11.4. The molecular weight excluding hydrogens is 258 g/mol. The highest BCUT2D eigenvalue weighted by Gasteiger charge is 2.17. The Morgan fingerprint density at radius 1 is 1.53 bits per heavy atom. The third-order valence-corrected chi connectivity index (χ3v) is 2.95. The fraction of sp³-hybridized carbons (Fsp3) is 0.545. The molecule has 0 saturated heterocycles. The van der Waals surface area contributed by atoms with Crippen LogP contribution in [0.4, 0.5) is 0 Å². The maximum atomic E-state index is 11.7. The number of furan rings is 1. The quantitative estimate of drug-likeness (QED) is 0.858. The number of hydrogen-bond acceptors (Lipinski definition) is 2. The second-order valence-corrected chi connectivity index (χ2v) is 4.54. The summed E-state index contributed by atoms with van der Waals surface area (Å²) >= 11 is 3.38. The number of aryl methyl sites for hydroxylation is 1. The normalized spacial score (nSPS) is 12.9. The van der Waals surface area contributed by atoms with Gasteiger partial charge >= 0.3 is 0 Å². The first-order valence-corrected chi connectivity index (χ1v) is 6.10.